The van der Waals surface area contributed by atoms with Crippen molar-refractivity contribution in [1.82, 2.24) is 4.90 Å². The van der Waals surface area contributed by atoms with E-state index in [1.807, 2.05) is 12.1 Å². The highest BCUT2D eigenvalue weighted by Gasteiger charge is 2.19. The van der Waals surface area contributed by atoms with Crippen LogP contribution in [0.15, 0.2) is 53.7 Å². The Morgan fingerprint density at radius 1 is 1.16 bits per heavy atom. The smallest absolute Gasteiger partial charge is 0.127 e. The maximum absolute atomic E-state index is 8.69. The molecule has 0 amide bonds. The molecular weight excluding hydrogens is 312 g/mol. The van der Waals surface area contributed by atoms with Crippen LogP contribution in [-0.4, -0.2) is 37.0 Å². The summed E-state index contributed by atoms with van der Waals surface area (Å²) >= 11 is 0. The summed E-state index contributed by atoms with van der Waals surface area (Å²) in [5.74, 6) is 0.900. The first kappa shape index (κ1) is 17.2. The summed E-state index contributed by atoms with van der Waals surface area (Å²) in [5.41, 5.74) is 5.85. The average Bonchev–Trinajstić information content (AvgIpc) is 2.77. The Balaban J connectivity index is 2.06. The van der Waals surface area contributed by atoms with Crippen LogP contribution >= 0.6 is 0 Å². The zero-order valence-electron chi connectivity index (χ0n) is 14.8. The van der Waals surface area contributed by atoms with Crippen molar-refractivity contribution in [2.75, 3.05) is 20.6 Å². The number of nitrogens with zero attached hydrogens (tertiary/aromatic N) is 2. The van der Waals surface area contributed by atoms with Gasteiger partial charge in [0.15, 0.2) is 0 Å². The number of ether oxygens (including phenoxy) is 1. The van der Waals surface area contributed by atoms with Gasteiger partial charge in [0.05, 0.1) is 0 Å². The fourth-order valence-corrected chi connectivity index (χ4v) is 3.08. The summed E-state index contributed by atoms with van der Waals surface area (Å²) in [6, 6.07) is 14.6. The first-order chi connectivity index (χ1) is 12.2. The Bertz CT molecular complexity index is 794. The minimum absolute atomic E-state index is 0.575. The van der Waals surface area contributed by atoms with Gasteiger partial charge >= 0.3 is 0 Å². The third-order valence-electron chi connectivity index (χ3n) is 4.36. The SMILES string of the molecule is CN(C)CC/C=C1\c2ccccc2COc2ccc(C/C=N\O)cc21. The second kappa shape index (κ2) is 7.99. The van der Waals surface area contributed by atoms with Gasteiger partial charge in [-0.2, -0.15) is 0 Å². The van der Waals surface area contributed by atoms with E-state index in [0.29, 0.717) is 13.0 Å². The molecule has 0 aromatic heterocycles. The zero-order chi connectivity index (χ0) is 17.6. The van der Waals surface area contributed by atoms with Crippen LogP contribution in [0.1, 0.15) is 28.7 Å². The molecule has 4 heteroatoms. The largest absolute Gasteiger partial charge is 0.488 e. The lowest BCUT2D eigenvalue weighted by Crippen LogP contribution is -2.12. The lowest BCUT2D eigenvalue weighted by Gasteiger charge is -2.13. The fourth-order valence-electron chi connectivity index (χ4n) is 3.08. The van der Waals surface area contributed by atoms with E-state index < -0.39 is 0 Å². The number of benzene rings is 2. The first-order valence-corrected chi connectivity index (χ1v) is 8.54. The molecule has 2 aromatic rings. The van der Waals surface area contributed by atoms with Crippen LogP contribution in [0.5, 0.6) is 5.75 Å². The van der Waals surface area contributed by atoms with Gasteiger partial charge in [-0.3, -0.25) is 0 Å². The third-order valence-corrected chi connectivity index (χ3v) is 4.36. The molecule has 0 saturated heterocycles. The van der Waals surface area contributed by atoms with E-state index in [9.17, 15) is 0 Å². The van der Waals surface area contributed by atoms with Crippen LogP contribution in [0.3, 0.4) is 0 Å². The van der Waals surface area contributed by atoms with Gasteiger partial charge in [-0.1, -0.05) is 36.4 Å². The Morgan fingerprint density at radius 2 is 2.00 bits per heavy atom. The van der Waals surface area contributed by atoms with Gasteiger partial charge in [0, 0.05) is 24.7 Å². The van der Waals surface area contributed by atoms with E-state index in [1.165, 1.54) is 22.9 Å². The van der Waals surface area contributed by atoms with E-state index in [2.05, 4.69) is 60.6 Å². The maximum atomic E-state index is 8.69. The fraction of sp³-hybridized carbons (Fsp3) is 0.286. The van der Waals surface area contributed by atoms with Crippen molar-refractivity contribution in [2.45, 2.75) is 19.4 Å². The van der Waals surface area contributed by atoms with Crippen LogP contribution in [0.4, 0.5) is 0 Å². The zero-order valence-corrected chi connectivity index (χ0v) is 14.8. The van der Waals surface area contributed by atoms with Gasteiger partial charge in [0.1, 0.15) is 12.4 Å². The van der Waals surface area contributed by atoms with Crippen molar-refractivity contribution >= 4 is 11.8 Å². The number of hydrogen-bond acceptors (Lipinski definition) is 4. The van der Waals surface area contributed by atoms with E-state index in [0.717, 1.165) is 29.8 Å². The topological polar surface area (TPSA) is 45.1 Å². The van der Waals surface area contributed by atoms with Crippen molar-refractivity contribution in [3.8, 4) is 5.75 Å². The Labute approximate surface area is 149 Å². The first-order valence-electron chi connectivity index (χ1n) is 8.54. The van der Waals surface area contributed by atoms with Gasteiger partial charge in [0.25, 0.3) is 0 Å². The molecule has 0 spiro atoms. The lowest BCUT2D eigenvalue weighted by atomic mass is 9.92. The molecule has 1 aliphatic heterocycles. The van der Waals surface area contributed by atoms with Crippen LogP contribution in [0.2, 0.25) is 0 Å². The van der Waals surface area contributed by atoms with E-state index >= 15 is 0 Å². The van der Waals surface area contributed by atoms with Crippen molar-refractivity contribution in [3.63, 3.8) is 0 Å². The average molecular weight is 336 g/mol. The number of fused-ring (bicyclic) bond motifs is 2. The van der Waals surface area contributed by atoms with Gasteiger partial charge in [-0.25, -0.2) is 0 Å². The predicted octanol–water partition coefficient (Wildman–Crippen LogP) is 3.96. The standard InChI is InChI=1S/C21H24N2O2/c1-23(2)13-5-8-19-18-7-4-3-6-17(18)15-25-21-10-9-16(11-12-22-24)14-20(19)21/h3-4,6-10,12,14,24H,5,11,13,15H2,1-2H3/b19-8+,22-12-. The van der Waals surface area contributed by atoms with Crippen LogP contribution in [0.25, 0.3) is 5.57 Å². The molecule has 1 N–H and O–H groups in total. The molecule has 0 radical (unpaired) electrons. The van der Waals surface area contributed by atoms with Crippen molar-refractivity contribution in [1.29, 1.82) is 0 Å². The number of rotatable bonds is 5. The highest BCUT2D eigenvalue weighted by molar-refractivity contribution is 5.85. The summed E-state index contributed by atoms with van der Waals surface area (Å²) < 4.78 is 6.06. The molecule has 25 heavy (non-hydrogen) atoms. The molecule has 130 valence electrons. The maximum Gasteiger partial charge on any atom is 0.127 e. The highest BCUT2D eigenvalue weighted by Crippen LogP contribution is 2.37. The number of oxime groups is 1. The van der Waals surface area contributed by atoms with Crippen LogP contribution in [-0.2, 0) is 13.0 Å². The van der Waals surface area contributed by atoms with E-state index in [1.54, 1.807) is 0 Å². The second-order valence-corrected chi connectivity index (χ2v) is 6.49. The summed E-state index contributed by atoms with van der Waals surface area (Å²) in [6.07, 6.45) is 5.37. The summed E-state index contributed by atoms with van der Waals surface area (Å²) in [4.78, 5) is 2.19. The Morgan fingerprint density at radius 3 is 2.80 bits per heavy atom. The molecule has 0 atom stereocenters. The van der Waals surface area contributed by atoms with Crippen LogP contribution in [0, 0.1) is 0 Å². The van der Waals surface area contributed by atoms with Crippen molar-refractivity contribution in [3.05, 3.63) is 70.8 Å². The van der Waals surface area contributed by atoms with Gasteiger partial charge < -0.3 is 14.8 Å². The highest BCUT2D eigenvalue weighted by atomic mass is 16.5. The van der Waals surface area contributed by atoms with Gasteiger partial charge in [0.2, 0.25) is 0 Å². The van der Waals surface area contributed by atoms with E-state index in [4.69, 9.17) is 9.94 Å². The number of hydrogen-bond donors (Lipinski definition) is 1. The van der Waals surface area contributed by atoms with Gasteiger partial charge in [-0.15, -0.1) is 5.16 Å². The predicted molar refractivity (Wildman–Crippen MR) is 101 cm³/mol. The molecule has 0 bridgehead atoms. The van der Waals surface area contributed by atoms with Gasteiger partial charge in [-0.05, 0) is 54.9 Å². The molecule has 4 nitrogen and oxygen atoms in total. The summed E-state index contributed by atoms with van der Waals surface area (Å²) in [5, 5.41) is 11.8. The molecule has 3 rings (SSSR count). The third kappa shape index (κ3) is 4.09. The lowest BCUT2D eigenvalue weighted by molar-refractivity contribution is 0.307. The second-order valence-electron chi connectivity index (χ2n) is 6.49. The molecular formula is C21H24N2O2. The normalized spacial score (nSPS) is 15.1. The molecule has 1 heterocycles. The van der Waals surface area contributed by atoms with Crippen molar-refractivity contribution in [2.24, 2.45) is 5.16 Å². The van der Waals surface area contributed by atoms with E-state index in [-0.39, 0.29) is 0 Å². The molecule has 0 saturated carbocycles. The molecule has 0 fully saturated rings. The minimum atomic E-state index is 0.575. The Kier molecular flexibility index (Phi) is 5.51. The molecule has 0 unspecified atom stereocenters. The monoisotopic (exact) mass is 336 g/mol. The van der Waals surface area contributed by atoms with Crippen molar-refractivity contribution < 1.29 is 9.94 Å². The molecule has 0 aliphatic carbocycles. The molecule has 2 aromatic carbocycles. The van der Waals surface area contributed by atoms with Crippen LogP contribution < -0.4 is 4.74 Å². The molecule has 1 aliphatic rings. The Hall–Kier alpha value is -2.59. The summed E-state index contributed by atoms with van der Waals surface area (Å²) in [6.45, 7) is 1.57. The minimum Gasteiger partial charge on any atom is -0.488 e. The quantitative estimate of drug-likeness (QED) is 0.510. The summed E-state index contributed by atoms with van der Waals surface area (Å²) in [7, 11) is 4.17.